The molecule has 8 heteroatoms. The SMILES string of the molecule is CC(=O)Nc1ccccc1.CC(C)CC(N=S(=O)=O)C(=O)O. The molecule has 122 valence electrons. The maximum absolute atomic E-state index is 10.5. The number of amides is 1. The van der Waals surface area contributed by atoms with E-state index in [2.05, 4.69) is 9.68 Å². The Kier molecular flexibility index (Phi) is 9.44. The van der Waals surface area contributed by atoms with Gasteiger partial charge in [-0.05, 0) is 24.5 Å². The molecule has 0 heterocycles. The fourth-order valence-electron chi connectivity index (χ4n) is 1.46. The summed E-state index contributed by atoms with van der Waals surface area (Å²) >= 11 is 0. The molecule has 0 aliphatic rings. The smallest absolute Gasteiger partial charge is 0.329 e. The number of nitrogens with one attached hydrogen (secondary N) is 1. The van der Waals surface area contributed by atoms with E-state index in [-0.39, 0.29) is 18.2 Å². The molecule has 0 aromatic heterocycles. The van der Waals surface area contributed by atoms with Crippen LogP contribution in [0.1, 0.15) is 27.2 Å². The van der Waals surface area contributed by atoms with E-state index >= 15 is 0 Å². The molecule has 22 heavy (non-hydrogen) atoms. The Morgan fingerprint density at radius 1 is 1.23 bits per heavy atom. The van der Waals surface area contributed by atoms with Crippen LogP contribution in [0.4, 0.5) is 5.69 Å². The van der Waals surface area contributed by atoms with Gasteiger partial charge in [-0.1, -0.05) is 32.0 Å². The number of carboxylic acids is 1. The van der Waals surface area contributed by atoms with Crippen LogP contribution in [0.15, 0.2) is 34.7 Å². The number of carbonyl (C=O) groups is 2. The number of nitrogens with zero attached hydrogens (tertiary/aromatic N) is 1. The average molecular weight is 328 g/mol. The highest BCUT2D eigenvalue weighted by Gasteiger charge is 2.17. The van der Waals surface area contributed by atoms with Gasteiger partial charge in [-0.2, -0.15) is 12.8 Å². The van der Waals surface area contributed by atoms with Gasteiger partial charge in [0.25, 0.3) is 0 Å². The van der Waals surface area contributed by atoms with Crippen molar-refractivity contribution in [1.82, 2.24) is 0 Å². The second-order valence-electron chi connectivity index (χ2n) is 4.85. The molecule has 7 nitrogen and oxygen atoms in total. The summed E-state index contributed by atoms with van der Waals surface area (Å²) in [7, 11) is -2.64. The van der Waals surface area contributed by atoms with Crippen molar-refractivity contribution < 1.29 is 23.1 Å². The lowest BCUT2D eigenvalue weighted by molar-refractivity contribution is -0.138. The molecule has 0 spiro atoms. The summed E-state index contributed by atoms with van der Waals surface area (Å²) in [5.41, 5.74) is 0.843. The molecule has 0 saturated carbocycles. The van der Waals surface area contributed by atoms with Crippen molar-refractivity contribution in [1.29, 1.82) is 0 Å². The fourth-order valence-corrected chi connectivity index (χ4v) is 1.85. The number of aliphatic carboxylic acids is 1. The zero-order valence-electron chi connectivity index (χ0n) is 12.7. The van der Waals surface area contributed by atoms with E-state index in [1.54, 1.807) is 13.8 Å². The lowest BCUT2D eigenvalue weighted by Crippen LogP contribution is -2.19. The molecule has 0 radical (unpaired) electrons. The highest BCUT2D eigenvalue weighted by molar-refractivity contribution is 7.61. The minimum atomic E-state index is -2.64. The van der Waals surface area contributed by atoms with E-state index < -0.39 is 22.5 Å². The van der Waals surface area contributed by atoms with Crippen molar-refractivity contribution in [2.75, 3.05) is 5.32 Å². The first-order valence-electron chi connectivity index (χ1n) is 6.58. The van der Waals surface area contributed by atoms with Crippen LogP contribution < -0.4 is 5.32 Å². The zero-order valence-corrected chi connectivity index (χ0v) is 13.5. The average Bonchev–Trinajstić information content (AvgIpc) is 2.38. The molecule has 0 fully saturated rings. The molecule has 0 aliphatic carbocycles. The highest BCUT2D eigenvalue weighted by atomic mass is 32.2. The second-order valence-corrected chi connectivity index (χ2v) is 5.50. The molecule has 0 bridgehead atoms. The maximum atomic E-state index is 10.5. The van der Waals surface area contributed by atoms with E-state index in [1.165, 1.54) is 6.92 Å². The van der Waals surface area contributed by atoms with E-state index in [0.29, 0.717) is 0 Å². The molecule has 1 aromatic rings. The second kappa shape index (κ2) is 10.5. The Morgan fingerprint density at radius 3 is 2.14 bits per heavy atom. The van der Waals surface area contributed by atoms with Crippen molar-refractivity contribution in [3.63, 3.8) is 0 Å². The van der Waals surface area contributed by atoms with Crippen LogP contribution in [-0.4, -0.2) is 31.4 Å². The Hall–Kier alpha value is -2.22. The molecule has 0 saturated heterocycles. The van der Waals surface area contributed by atoms with Crippen molar-refractivity contribution in [2.45, 2.75) is 33.2 Å². The molecule has 1 aromatic carbocycles. The van der Waals surface area contributed by atoms with Gasteiger partial charge in [0.2, 0.25) is 5.91 Å². The standard InChI is InChI=1S/C8H9NO.C6H11NO4S/c1-7(10)9-8-5-3-2-4-6-8;1-4(2)3-5(6(8)9)7-12(10)11/h2-6H,1H3,(H,9,10);4-5H,3H2,1-2H3,(H,8,9). The summed E-state index contributed by atoms with van der Waals surface area (Å²) in [6.07, 6.45) is 0.239. The van der Waals surface area contributed by atoms with Crippen LogP contribution in [0, 0.1) is 5.92 Å². The fraction of sp³-hybridized carbons (Fsp3) is 0.429. The predicted molar refractivity (Wildman–Crippen MR) is 83.0 cm³/mol. The molecule has 1 rings (SSSR count). The molecule has 1 amide bonds. The third-order valence-electron chi connectivity index (χ3n) is 2.29. The van der Waals surface area contributed by atoms with Crippen molar-refractivity contribution in [3.05, 3.63) is 30.3 Å². The van der Waals surface area contributed by atoms with Gasteiger partial charge < -0.3 is 10.4 Å². The Balaban J connectivity index is 0.000000406. The van der Waals surface area contributed by atoms with Crippen molar-refractivity contribution in [3.8, 4) is 0 Å². The highest BCUT2D eigenvalue weighted by Crippen LogP contribution is 2.07. The quantitative estimate of drug-likeness (QED) is 0.860. The third kappa shape index (κ3) is 10.6. The first-order valence-corrected chi connectivity index (χ1v) is 7.61. The van der Waals surface area contributed by atoms with Gasteiger partial charge in [0.15, 0.2) is 6.04 Å². The number of hydrogen-bond acceptors (Lipinski definition) is 5. The number of hydrogen-bond donors (Lipinski definition) is 2. The molecule has 0 aliphatic heterocycles. The van der Waals surface area contributed by atoms with Crippen molar-refractivity contribution >= 4 is 28.1 Å². The van der Waals surface area contributed by atoms with E-state index in [4.69, 9.17) is 5.11 Å². The Bertz CT molecular complexity index is 603. The monoisotopic (exact) mass is 328 g/mol. The first kappa shape index (κ1) is 19.8. The molecular formula is C14H20N2O5S. The molecule has 2 N–H and O–H groups in total. The lowest BCUT2D eigenvalue weighted by atomic mass is 10.1. The Morgan fingerprint density at radius 2 is 1.77 bits per heavy atom. The van der Waals surface area contributed by atoms with Crippen LogP contribution >= 0.6 is 0 Å². The Labute approximate surface area is 131 Å². The number of anilines is 1. The van der Waals surface area contributed by atoms with Gasteiger partial charge in [-0.3, -0.25) is 4.79 Å². The number of carbonyl (C=O) groups excluding carboxylic acids is 1. The number of benzene rings is 1. The molecular weight excluding hydrogens is 308 g/mol. The van der Waals surface area contributed by atoms with Crippen LogP contribution in [0.3, 0.4) is 0 Å². The van der Waals surface area contributed by atoms with E-state index in [1.807, 2.05) is 30.3 Å². The van der Waals surface area contributed by atoms with Crippen LogP contribution in [0.2, 0.25) is 0 Å². The third-order valence-corrected chi connectivity index (χ3v) is 2.71. The normalized spacial score (nSPS) is 10.9. The van der Waals surface area contributed by atoms with Gasteiger partial charge in [0, 0.05) is 12.6 Å². The maximum Gasteiger partial charge on any atom is 0.329 e. The summed E-state index contributed by atoms with van der Waals surface area (Å²) in [5.74, 6) is -1.13. The minimum Gasteiger partial charge on any atom is -0.480 e. The van der Waals surface area contributed by atoms with Gasteiger partial charge in [0.1, 0.15) is 0 Å². The molecule has 1 atom stereocenters. The van der Waals surface area contributed by atoms with Gasteiger partial charge in [-0.15, -0.1) is 0 Å². The van der Waals surface area contributed by atoms with Gasteiger partial charge >= 0.3 is 16.5 Å². The summed E-state index contributed by atoms with van der Waals surface area (Å²) in [6, 6.07) is 8.23. The largest absolute Gasteiger partial charge is 0.480 e. The van der Waals surface area contributed by atoms with Gasteiger partial charge in [-0.25, -0.2) is 4.79 Å². The number of para-hydroxylation sites is 1. The number of rotatable bonds is 5. The van der Waals surface area contributed by atoms with E-state index in [0.717, 1.165) is 5.69 Å². The van der Waals surface area contributed by atoms with Crippen LogP contribution in [-0.2, 0) is 20.1 Å². The number of carboxylic acid groups (broad SMARTS) is 1. The minimum absolute atomic E-state index is 0.0359. The van der Waals surface area contributed by atoms with Crippen LogP contribution in [0.25, 0.3) is 0 Å². The van der Waals surface area contributed by atoms with Crippen LogP contribution in [0.5, 0.6) is 0 Å². The predicted octanol–water partition coefficient (Wildman–Crippen LogP) is 2.19. The topological polar surface area (TPSA) is 113 Å². The summed E-state index contributed by atoms with van der Waals surface area (Å²) in [6.45, 7) is 5.10. The lowest BCUT2D eigenvalue weighted by Gasteiger charge is -2.06. The summed E-state index contributed by atoms with van der Waals surface area (Å²) in [4.78, 5) is 20.9. The van der Waals surface area contributed by atoms with Crippen molar-refractivity contribution in [2.24, 2.45) is 10.3 Å². The first-order chi connectivity index (χ1) is 10.2. The molecule has 1 unspecified atom stereocenters. The van der Waals surface area contributed by atoms with E-state index in [9.17, 15) is 18.0 Å². The zero-order chi connectivity index (χ0) is 17.1. The summed E-state index contributed by atoms with van der Waals surface area (Å²) < 4.78 is 23.2. The summed E-state index contributed by atoms with van der Waals surface area (Å²) in [5, 5.41) is 11.2. The van der Waals surface area contributed by atoms with Gasteiger partial charge in [0.05, 0.1) is 0 Å².